The van der Waals surface area contributed by atoms with Gasteiger partial charge in [-0.05, 0) is 33.2 Å². The van der Waals surface area contributed by atoms with Gasteiger partial charge in [-0.15, -0.1) is 0 Å². The maximum Gasteiger partial charge on any atom is 0.0204 e. The summed E-state index contributed by atoms with van der Waals surface area (Å²) < 4.78 is 0. The van der Waals surface area contributed by atoms with Crippen LogP contribution in [0, 0.1) is 0 Å². The SMILES string of the molecule is CCC(C)(CC)N1CCC(NC)C1. The quantitative estimate of drug-likeness (QED) is 0.717. The van der Waals surface area contributed by atoms with Crippen molar-refractivity contribution in [3.05, 3.63) is 0 Å². The molecule has 0 aromatic carbocycles. The van der Waals surface area contributed by atoms with Crippen molar-refractivity contribution in [2.75, 3.05) is 20.1 Å². The average Bonchev–Trinajstić information content (AvgIpc) is 2.65. The average molecular weight is 184 g/mol. The first-order chi connectivity index (χ1) is 6.16. The fraction of sp³-hybridized carbons (Fsp3) is 1.00. The normalized spacial score (nSPS) is 25.4. The van der Waals surface area contributed by atoms with Crippen molar-refractivity contribution < 1.29 is 0 Å². The number of likely N-dealkylation sites (N-methyl/N-ethyl adjacent to an activating group) is 1. The van der Waals surface area contributed by atoms with Crippen molar-refractivity contribution in [2.45, 2.75) is 51.6 Å². The monoisotopic (exact) mass is 184 g/mol. The van der Waals surface area contributed by atoms with Gasteiger partial charge >= 0.3 is 0 Å². The van der Waals surface area contributed by atoms with Crippen molar-refractivity contribution in [1.29, 1.82) is 0 Å². The molecular formula is C11H24N2. The highest BCUT2D eigenvalue weighted by molar-refractivity contribution is 4.91. The van der Waals surface area contributed by atoms with Crippen molar-refractivity contribution in [3.8, 4) is 0 Å². The highest BCUT2D eigenvalue weighted by atomic mass is 15.2. The summed E-state index contributed by atoms with van der Waals surface area (Å²) in [5.41, 5.74) is 0.436. The van der Waals surface area contributed by atoms with Crippen LogP contribution < -0.4 is 5.32 Å². The van der Waals surface area contributed by atoms with Gasteiger partial charge in [-0.3, -0.25) is 4.90 Å². The lowest BCUT2D eigenvalue weighted by atomic mass is 9.93. The molecule has 1 saturated heterocycles. The van der Waals surface area contributed by atoms with E-state index in [1.165, 1.54) is 32.4 Å². The summed E-state index contributed by atoms with van der Waals surface area (Å²) >= 11 is 0. The van der Waals surface area contributed by atoms with Gasteiger partial charge in [0.1, 0.15) is 0 Å². The van der Waals surface area contributed by atoms with Gasteiger partial charge < -0.3 is 5.32 Å². The first kappa shape index (κ1) is 11.0. The van der Waals surface area contributed by atoms with E-state index in [0.717, 1.165) is 6.04 Å². The molecule has 1 fully saturated rings. The van der Waals surface area contributed by atoms with Gasteiger partial charge in [0, 0.05) is 24.7 Å². The molecule has 0 aliphatic carbocycles. The molecule has 1 aliphatic heterocycles. The smallest absolute Gasteiger partial charge is 0.0204 e. The molecule has 78 valence electrons. The maximum absolute atomic E-state index is 3.37. The summed E-state index contributed by atoms with van der Waals surface area (Å²) in [7, 11) is 2.07. The minimum atomic E-state index is 0.436. The van der Waals surface area contributed by atoms with Gasteiger partial charge in [-0.25, -0.2) is 0 Å². The largest absolute Gasteiger partial charge is 0.316 e. The van der Waals surface area contributed by atoms with E-state index in [1.807, 2.05) is 0 Å². The Bertz CT molecular complexity index is 152. The molecule has 1 rings (SSSR count). The van der Waals surface area contributed by atoms with E-state index < -0.39 is 0 Å². The molecule has 1 atom stereocenters. The van der Waals surface area contributed by atoms with Crippen LogP contribution in [-0.4, -0.2) is 36.6 Å². The second kappa shape index (κ2) is 4.43. The lowest BCUT2D eigenvalue weighted by molar-refractivity contribution is 0.122. The van der Waals surface area contributed by atoms with Gasteiger partial charge in [0.25, 0.3) is 0 Å². The molecular weight excluding hydrogens is 160 g/mol. The van der Waals surface area contributed by atoms with E-state index in [-0.39, 0.29) is 0 Å². The second-order valence-electron chi connectivity index (χ2n) is 4.42. The van der Waals surface area contributed by atoms with Gasteiger partial charge in [0.05, 0.1) is 0 Å². The predicted molar refractivity (Wildman–Crippen MR) is 58.0 cm³/mol. The zero-order chi connectivity index (χ0) is 9.90. The molecule has 0 aromatic rings. The third-order valence-corrected chi connectivity index (χ3v) is 3.88. The Morgan fingerprint density at radius 1 is 1.38 bits per heavy atom. The minimum absolute atomic E-state index is 0.436. The molecule has 0 radical (unpaired) electrons. The van der Waals surface area contributed by atoms with Crippen LogP contribution in [0.2, 0.25) is 0 Å². The standard InChI is InChI=1S/C11H24N2/c1-5-11(3,6-2)13-8-7-10(9-13)12-4/h10,12H,5-9H2,1-4H3. The van der Waals surface area contributed by atoms with E-state index in [4.69, 9.17) is 0 Å². The molecule has 2 nitrogen and oxygen atoms in total. The van der Waals surface area contributed by atoms with Crippen LogP contribution in [0.4, 0.5) is 0 Å². The van der Waals surface area contributed by atoms with Gasteiger partial charge in [0.15, 0.2) is 0 Å². The van der Waals surface area contributed by atoms with Crippen LogP contribution in [0.5, 0.6) is 0 Å². The number of hydrogen-bond donors (Lipinski definition) is 1. The Morgan fingerprint density at radius 3 is 2.38 bits per heavy atom. The molecule has 1 aliphatic rings. The van der Waals surface area contributed by atoms with Crippen LogP contribution in [-0.2, 0) is 0 Å². The summed E-state index contributed by atoms with van der Waals surface area (Å²) in [6.07, 6.45) is 3.84. The van der Waals surface area contributed by atoms with E-state index in [0.29, 0.717) is 5.54 Å². The Morgan fingerprint density at radius 2 is 2.00 bits per heavy atom. The first-order valence-electron chi connectivity index (χ1n) is 5.58. The molecule has 0 saturated carbocycles. The van der Waals surface area contributed by atoms with Crippen LogP contribution in [0.3, 0.4) is 0 Å². The topological polar surface area (TPSA) is 15.3 Å². The predicted octanol–water partition coefficient (Wildman–Crippen LogP) is 1.86. The third kappa shape index (κ3) is 2.23. The summed E-state index contributed by atoms with van der Waals surface area (Å²) in [5.74, 6) is 0. The molecule has 0 aromatic heterocycles. The van der Waals surface area contributed by atoms with Crippen LogP contribution in [0.25, 0.3) is 0 Å². The fourth-order valence-corrected chi connectivity index (χ4v) is 2.18. The lowest BCUT2D eigenvalue weighted by Gasteiger charge is -2.37. The van der Waals surface area contributed by atoms with Crippen LogP contribution in [0.1, 0.15) is 40.0 Å². The number of nitrogens with one attached hydrogen (secondary N) is 1. The molecule has 0 spiro atoms. The molecule has 1 unspecified atom stereocenters. The molecule has 0 amide bonds. The second-order valence-corrected chi connectivity index (χ2v) is 4.42. The summed E-state index contributed by atoms with van der Waals surface area (Å²) in [6.45, 7) is 9.50. The highest BCUT2D eigenvalue weighted by Gasteiger charge is 2.33. The van der Waals surface area contributed by atoms with Crippen molar-refractivity contribution in [3.63, 3.8) is 0 Å². The zero-order valence-corrected chi connectivity index (χ0v) is 9.56. The lowest BCUT2D eigenvalue weighted by Crippen LogP contribution is -2.45. The molecule has 1 heterocycles. The molecule has 1 N–H and O–H groups in total. The Hall–Kier alpha value is -0.0800. The molecule has 13 heavy (non-hydrogen) atoms. The van der Waals surface area contributed by atoms with Crippen molar-refractivity contribution in [1.82, 2.24) is 10.2 Å². The Labute approximate surface area is 82.7 Å². The van der Waals surface area contributed by atoms with Crippen molar-refractivity contribution >= 4 is 0 Å². The number of rotatable bonds is 4. The highest BCUT2D eigenvalue weighted by Crippen LogP contribution is 2.27. The van der Waals surface area contributed by atoms with Gasteiger partial charge in [-0.1, -0.05) is 13.8 Å². The summed E-state index contributed by atoms with van der Waals surface area (Å²) in [6, 6.07) is 0.720. The van der Waals surface area contributed by atoms with Crippen LogP contribution >= 0.6 is 0 Å². The Kier molecular flexibility index (Phi) is 3.74. The minimum Gasteiger partial charge on any atom is -0.316 e. The molecule has 0 bridgehead atoms. The van der Waals surface area contributed by atoms with E-state index >= 15 is 0 Å². The van der Waals surface area contributed by atoms with Crippen molar-refractivity contribution in [2.24, 2.45) is 0 Å². The number of hydrogen-bond acceptors (Lipinski definition) is 2. The van der Waals surface area contributed by atoms with Gasteiger partial charge in [0.2, 0.25) is 0 Å². The van der Waals surface area contributed by atoms with E-state index in [2.05, 4.69) is 38.0 Å². The zero-order valence-electron chi connectivity index (χ0n) is 9.56. The van der Waals surface area contributed by atoms with E-state index in [1.54, 1.807) is 0 Å². The first-order valence-corrected chi connectivity index (χ1v) is 5.58. The number of nitrogens with zero attached hydrogens (tertiary/aromatic N) is 1. The Balaban J connectivity index is 2.53. The fourth-order valence-electron chi connectivity index (χ4n) is 2.18. The molecule has 2 heteroatoms. The van der Waals surface area contributed by atoms with E-state index in [9.17, 15) is 0 Å². The van der Waals surface area contributed by atoms with Crippen LogP contribution in [0.15, 0.2) is 0 Å². The summed E-state index contributed by atoms with van der Waals surface area (Å²) in [4.78, 5) is 2.65. The number of likely N-dealkylation sites (tertiary alicyclic amines) is 1. The summed E-state index contributed by atoms with van der Waals surface area (Å²) in [5, 5.41) is 3.37. The maximum atomic E-state index is 3.37. The van der Waals surface area contributed by atoms with Gasteiger partial charge in [-0.2, -0.15) is 0 Å². The third-order valence-electron chi connectivity index (χ3n) is 3.88.